The minimum Gasteiger partial charge on any atom is -0.321 e. The molecule has 0 saturated heterocycles. The first-order chi connectivity index (χ1) is 14.8. The second kappa shape index (κ2) is 8.41. The van der Waals surface area contributed by atoms with Crippen molar-refractivity contribution in [3.63, 3.8) is 0 Å². The highest BCUT2D eigenvalue weighted by atomic mass is 32.2. The SMILES string of the molecule is Cc1cccc2cc(CN(Cc3cccnc3)S(=O)(=O)c3ccc(F)cc3)c(=O)[nH]c12. The molecule has 2 aromatic heterocycles. The lowest BCUT2D eigenvalue weighted by Crippen LogP contribution is -2.32. The summed E-state index contributed by atoms with van der Waals surface area (Å²) in [6.07, 6.45) is 3.17. The molecule has 6 nitrogen and oxygen atoms in total. The molecule has 2 aromatic carbocycles. The Morgan fingerprint density at radius 3 is 2.52 bits per heavy atom. The van der Waals surface area contributed by atoms with Crippen LogP contribution in [0, 0.1) is 12.7 Å². The van der Waals surface area contributed by atoms with Gasteiger partial charge in [-0.25, -0.2) is 12.8 Å². The predicted molar refractivity (Wildman–Crippen MR) is 116 cm³/mol. The number of H-pyrrole nitrogens is 1. The highest BCUT2D eigenvalue weighted by Crippen LogP contribution is 2.22. The maximum Gasteiger partial charge on any atom is 0.252 e. The minimum atomic E-state index is -4.01. The van der Waals surface area contributed by atoms with Gasteiger partial charge in [-0.15, -0.1) is 0 Å². The molecule has 0 aliphatic heterocycles. The molecule has 4 aromatic rings. The predicted octanol–water partition coefficient (Wildman–Crippen LogP) is 3.76. The summed E-state index contributed by atoms with van der Waals surface area (Å²) in [7, 11) is -4.01. The highest BCUT2D eigenvalue weighted by molar-refractivity contribution is 7.89. The molecule has 0 aliphatic carbocycles. The van der Waals surface area contributed by atoms with Gasteiger partial charge in [-0.3, -0.25) is 9.78 Å². The zero-order valence-corrected chi connectivity index (χ0v) is 17.6. The lowest BCUT2D eigenvalue weighted by molar-refractivity contribution is 0.399. The molecule has 0 bridgehead atoms. The highest BCUT2D eigenvalue weighted by Gasteiger charge is 2.26. The molecule has 0 spiro atoms. The van der Waals surface area contributed by atoms with E-state index in [2.05, 4.69) is 9.97 Å². The molecule has 0 atom stereocenters. The fourth-order valence-corrected chi connectivity index (χ4v) is 4.82. The van der Waals surface area contributed by atoms with E-state index in [0.29, 0.717) is 11.1 Å². The van der Waals surface area contributed by atoms with Gasteiger partial charge in [-0.05, 0) is 59.8 Å². The van der Waals surface area contributed by atoms with E-state index >= 15 is 0 Å². The molecule has 158 valence electrons. The summed E-state index contributed by atoms with van der Waals surface area (Å²) in [5, 5.41) is 0.815. The summed E-state index contributed by atoms with van der Waals surface area (Å²) in [6, 6.07) is 15.4. The normalized spacial score (nSPS) is 11.8. The molecule has 8 heteroatoms. The fraction of sp³-hybridized carbons (Fsp3) is 0.130. The molecular formula is C23H20FN3O3S. The first-order valence-electron chi connectivity index (χ1n) is 9.61. The van der Waals surface area contributed by atoms with Crippen LogP contribution in [0.4, 0.5) is 4.39 Å². The van der Waals surface area contributed by atoms with Crippen molar-refractivity contribution in [2.45, 2.75) is 24.9 Å². The lowest BCUT2D eigenvalue weighted by atomic mass is 10.1. The number of para-hydroxylation sites is 1. The summed E-state index contributed by atoms with van der Waals surface area (Å²) < 4.78 is 41.2. The van der Waals surface area contributed by atoms with Crippen LogP contribution in [0.15, 0.2) is 82.7 Å². The molecule has 0 unspecified atom stereocenters. The number of halogens is 1. The van der Waals surface area contributed by atoms with Crippen molar-refractivity contribution < 1.29 is 12.8 Å². The Morgan fingerprint density at radius 1 is 1.03 bits per heavy atom. The van der Waals surface area contributed by atoms with Crippen molar-refractivity contribution in [3.05, 3.63) is 106 Å². The Morgan fingerprint density at radius 2 is 1.81 bits per heavy atom. The first-order valence-corrected chi connectivity index (χ1v) is 11.0. The quantitative estimate of drug-likeness (QED) is 0.498. The van der Waals surface area contributed by atoms with Crippen LogP contribution in [0.2, 0.25) is 0 Å². The zero-order valence-electron chi connectivity index (χ0n) is 16.7. The van der Waals surface area contributed by atoms with Gasteiger partial charge >= 0.3 is 0 Å². The van der Waals surface area contributed by atoms with E-state index in [4.69, 9.17) is 0 Å². The number of hydrogen-bond donors (Lipinski definition) is 1. The Hall–Kier alpha value is -3.36. The number of aromatic amines is 1. The molecule has 0 amide bonds. The summed E-state index contributed by atoms with van der Waals surface area (Å²) >= 11 is 0. The average Bonchev–Trinajstić information content (AvgIpc) is 2.75. The van der Waals surface area contributed by atoms with Crippen molar-refractivity contribution >= 4 is 20.9 Å². The fourth-order valence-electron chi connectivity index (χ4n) is 3.41. The summed E-state index contributed by atoms with van der Waals surface area (Å²) in [5.41, 5.74) is 2.27. The second-order valence-corrected chi connectivity index (χ2v) is 9.19. The van der Waals surface area contributed by atoms with Crippen LogP contribution >= 0.6 is 0 Å². The summed E-state index contributed by atoms with van der Waals surface area (Å²) in [4.78, 5) is 19.6. The van der Waals surface area contributed by atoms with Crippen LogP contribution in [0.3, 0.4) is 0 Å². The second-order valence-electron chi connectivity index (χ2n) is 7.25. The molecule has 0 saturated carbocycles. The van der Waals surface area contributed by atoms with Gasteiger partial charge in [0.2, 0.25) is 10.0 Å². The van der Waals surface area contributed by atoms with Crippen LogP contribution in [-0.2, 0) is 23.1 Å². The van der Waals surface area contributed by atoms with Crippen molar-refractivity contribution in [2.24, 2.45) is 0 Å². The van der Waals surface area contributed by atoms with Crippen molar-refractivity contribution in [1.82, 2.24) is 14.3 Å². The minimum absolute atomic E-state index is 0.0127. The van der Waals surface area contributed by atoms with E-state index < -0.39 is 15.8 Å². The molecule has 31 heavy (non-hydrogen) atoms. The molecule has 0 aliphatic rings. The van der Waals surface area contributed by atoms with Gasteiger partial charge in [0.15, 0.2) is 0 Å². The number of nitrogens with one attached hydrogen (secondary N) is 1. The number of hydrogen-bond acceptors (Lipinski definition) is 4. The largest absolute Gasteiger partial charge is 0.321 e. The van der Waals surface area contributed by atoms with Crippen LogP contribution in [0.25, 0.3) is 10.9 Å². The van der Waals surface area contributed by atoms with Gasteiger partial charge in [0, 0.05) is 31.0 Å². The topological polar surface area (TPSA) is 83.1 Å². The van der Waals surface area contributed by atoms with E-state index in [9.17, 15) is 17.6 Å². The number of benzene rings is 2. The molecule has 2 heterocycles. The Bertz CT molecular complexity index is 1390. The zero-order chi connectivity index (χ0) is 22.0. The third-order valence-corrected chi connectivity index (χ3v) is 6.85. The van der Waals surface area contributed by atoms with Gasteiger partial charge < -0.3 is 4.98 Å². The van der Waals surface area contributed by atoms with Crippen LogP contribution in [0.5, 0.6) is 0 Å². The van der Waals surface area contributed by atoms with Crippen LogP contribution in [-0.4, -0.2) is 22.7 Å². The number of sulfonamides is 1. The summed E-state index contributed by atoms with van der Waals surface area (Å²) in [6.45, 7) is 1.76. The number of aryl methyl sites for hydroxylation is 1. The van der Waals surface area contributed by atoms with E-state index in [-0.39, 0.29) is 23.5 Å². The van der Waals surface area contributed by atoms with Crippen LogP contribution < -0.4 is 5.56 Å². The van der Waals surface area contributed by atoms with E-state index in [1.54, 1.807) is 30.6 Å². The average molecular weight is 437 g/mol. The Labute approximate surface area is 179 Å². The number of fused-ring (bicyclic) bond motifs is 1. The van der Waals surface area contributed by atoms with Gasteiger partial charge in [-0.2, -0.15) is 4.31 Å². The number of nitrogens with zero attached hydrogens (tertiary/aromatic N) is 2. The lowest BCUT2D eigenvalue weighted by Gasteiger charge is -2.22. The third-order valence-electron chi connectivity index (χ3n) is 5.04. The maximum absolute atomic E-state index is 13.4. The van der Waals surface area contributed by atoms with E-state index in [1.807, 2.05) is 25.1 Å². The van der Waals surface area contributed by atoms with Crippen molar-refractivity contribution in [1.29, 1.82) is 0 Å². The van der Waals surface area contributed by atoms with E-state index in [0.717, 1.165) is 28.6 Å². The third kappa shape index (κ3) is 4.40. The number of aromatic nitrogens is 2. The van der Waals surface area contributed by atoms with Crippen molar-refractivity contribution in [3.8, 4) is 0 Å². The molecule has 4 rings (SSSR count). The van der Waals surface area contributed by atoms with Crippen LogP contribution in [0.1, 0.15) is 16.7 Å². The molecule has 0 fully saturated rings. The Kier molecular flexibility index (Phi) is 5.67. The summed E-state index contributed by atoms with van der Waals surface area (Å²) in [5.74, 6) is -0.529. The maximum atomic E-state index is 13.4. The molecular weight excluding hydrogens is 417 g/mol. The van der Waals surface area contributed by atoms with E-state index in [1.165, 1.54) is 16.4 Å². The molecule has 0 radical (unpaired) electrons. The van der Waals surface area contributed by atoms with Gasteiger partial charge in [0.1, 0.15) is 5.82 Å². The number of rotatable bonds is 6. The van der Waals surface area contributed by atoms with Crippen molar-refractivity contribution in [2.75, 3.05) is 0 Å². The molecule has 1 N–H and O–H groups in total. The van der Waals surface area contributed by atoms with Gasteiger partial charge in [0.05, 0.1) is 10.4 Å². The standard InChI is InChI=1S/C23H20FN3O3S/c1-16-4-2-6-18-12-19(23(28)26-22(16)18)15-27(14-17-5-3-11-25-13-17)31(29,30)21-9-7-20(24)8-10-21/h2-13H,14-15H2,1H3,(H,26,28). The monoisotopic (exact) mass is 437 g/mol. The van der Waals surface area contributed by atoms with Gasteiger partial charge in [0.25, 0.3) is 5.56 Å². The smallest absolute Gasteiger partial charge is 0.252 e. The van der Waals surface area contributed by atoms with Gasteiger partial charge in [-0.1, -0.05) is 24.3 Å². The first kappa shape index (κ1) is 20.9. The Balaban J connectivity index is 1.78. The number of pyridine rings is 2.